The van der Waals surface area contributed by atoms with Gasteiger partial charge < -0.3 is 18.9 Å². The molecule has 7 nitrogen and oxygen atoms in total. The van der Waals surface area contributed by atoms with Gasteiger partial charge in [0.15, 0.2) is 11.5 Å². The van der Waals surface area contributed by atoms with Crippen molar-refractivity contribution in [3.8, 4) is 17.2 Å². The van der Waals surface area contributed by atoms with E-state index in [-0.39, 0.29) is 17.2 Å². The second-order valence-corrected chi connectivity index (χ2v) is 4.09. The molecule has 0 saturated carbocycles. The molecule has 0 aliphatic rings. The van der Waals surface area contributed by atoms with E-state index in [1.54, 1.807) is 12.1 Å². The molecule has 0 saturated heterocycles. The highest BCUT2D eigenvalue weighted by Gasteiger charge is 2.15. The van der Waals surface area contributed by atoms with Crippen molar-refractivity contribution in [2.75, 3.05) is 14.2 Å². The first kappa shape index (κ1) is 17.2. The van der Waals surface area contributed by atoms with Crippen LogP contribution in [0.5, 0.6) is 17.2 Å². The lowest BCUT2D eigenvalue weighted by Crippen LogP contribution is -2.06. The minimum atomic E-state index is -0.797. The summed E-state index contributed by atoms with van der Waals surface area (Å²) in [6.07, 6.45) is 2.50. The molecule has 0 heterocycles. The fourth-order valence-corrected chi connectivity index (χ4v) is 1.58. The summed E-state index contributed by atoms with van der Waals surface area (Å²) < 4.78 is 19.7. The minimum Gasteiger partial charge on any atom is -0.493 e. The maximum atomic E-state index is 11.3. The largest absolute Gasteiger partial charge is 0.493 e. The highest BCUT2D eigenvalue weighted by atomic mass is 16.6. The maximum Gasteiger partial charge on any atom is 0.338 e. The molecule has 0 spiro atoms. The molecule has 0 fully saturated rings. The highest BCUT2D eigenvalue weighted by Crippen LogP contribution is 2.39. The Hall–Kier alpha value is -2.83. The monoisotopic (exact) mass is 308 g/mol. The first-order chi connectivity index (χ1) is 10.4. The Morgan fingerprint density at radius 3 is 1.91 bits per heavy atom. The molecule has 1 aromatic carbocycles. The van der Waals surface area contributed by atoms with E-state index in [2.05, 4.69) is 4.74 Å². The third-order valence-electron chi connectivity index (χ3n) is 2.38. The van der Waals surface area contributed by atoms with Crippen molar-refractivity contribution in [2.24, 2.45) is 0 Å². The molecule has 0 N–H and O–H groups in total. The second kappa shape index (κ2) is 7.82. The Bertz CT molecular complexity index is 591. The van der Waals surface area contributed by atoms with Gasteiger partial charge in [-0.2, -0.15) is 0 Å². The van der Waals surface area contributed by atoms with Crippen LogP contribution in [0.2, 0.25) is 0 Å². The van der Waals surface area contributed by atoms with Gasteiger partial charge in [-0.15, -0.1) is 0 Å². The first-order valence-electron chi connectivity index (χ1n) is 6.22. The number of rotatable bonds is 5. The summed E-state index contributed by atoms with van der Waals surface area (Å²) in [5.41, 5.74) is 0.533. The van der Waals surface area contributed by atoms with Crippen LogP contribution in [0.1, 0.15) is 19.4 Å². The van der Waals surface area contributed by atoms with Gasteiger partial charge in [-0.05, 0) is 23.8 Å². The average Bonchev–Trinajstić information content (AvgIpc) is 2.44. The van der Waals surface area contributed by atoms with Crippen molar-refractivity contribution in [1.82, 2.24) is 0 Å². The Labute approximate surface area is 127 Å². The third-order valence-corrected chi connectivity index (χ3v) is 2.38. The zero-order chi connectivity index (χ0) is 16.7. The summed E-state index contributed by atoms with van der Waals surface area (Å²) in [7, 11) is 2.80. The Morgan fingerprint density at radius 1 is 0.955 bits per heavy atom. The van der Waals surface area contributed by atoms with Crippen molar-refractivity contribution in [1.29, 1.82) is 0 Å². The van der Waals surface area contributed by atoms with Crippen molar-refractivity contribution in [3.63, 3.8) is 0 Å². The van der Waals surface area contributed by atoms with Crippen LogP contribution in [0, 0.1) is 0 Å². The van der Waals surface area contributed by atoms with E-state index in [0.717, 1.165) is 13.0 Å². The van der Waals surface area contributed by atoms with E-state index in [4.69, 9.17) is 14.2 Å². The van der Waals surface area contributed by atoms with E-state index in [9.17, 15) is 14.4 Å². The molecule has 0 amide bonds. The highest BCUT2D eigenvalue weighted by molar-refractivity contribution is 5.94. The van der Waals surface area contributed by atoms with Gasteiger partial charge in [-0.3, -0.25) is 9.59 Å². The number of hydrogen-bond acceptors (Lipinski definition) is 7. The van der Waals surface area contributed by atoms with Crippen molar-refractivity contribution >= 4 is 24.0 Å². The summed E-state index contributed by atoms with van der Waals surface area (Å²) in [5.74, 6) is -1.36. The van der Waals surface area contributed by atoms with Crippen LogP contribution in [0.3, 0.4) is 0 Å². The van der Waals surface area contributed by atoms with E-state index < -0.39 is 17.9 Å². The molecule has 7 heteroatoms. The number of benzene rings is 1. The molecule has 1 rings (SSSR count). The molecule has 0 aromatic heterocycles. The quantitative estimate of drug-likeness (QED) is 0.354. The van der Waals surface area contributed by atoms with Gasteiger partial charge in [0.05, 0.1) is 14.2 Å². The van der Waals surface area contributed by atoms with Crippen LogP contribution in [0.4, 0.5) is 0 Å². The SMILES string of the molecule is COc1cc(/C=C/C(=O)OC(C)=O)cc(OC)c1OC(C)=O. The van der Waals surface area contributed by atoms with Crippen molar-refractivity contribution < 1.29 is 33.3 Å². The molecular weight excluding hydrogens is 292 g/mol. The molecule has 22 heavy (non-hydrogen) atoms. The number of methoxy groups -OCH3 is 2. The number of carbonyl (C=O) groups is 3. The maximum absolute atomic E-state index is 11.3. The predicted octanol–water partition coefficient (Wildman–Crippen LogP) is 1.73. The Balaban J connectivity index is 3.12. The average molecular weight is 308 g/mol. The van der Waals surface area contributed by atoms with Crippen LogP contribution in [0.25, 0.3) is 6.08 Å². The molecule has 0 unspecified atom stereocenters. The molecule has 1 aromatic rings. The molecule has 0 aliphatic heterocycles. The summed E-state index contributed by atoms with van der Waals surface area (Å²) >= 11 is 0. The molecule has 0 aliphatic carbocycles. The van der Waals surface area contributed by atoms with Gasteiger partial charge in [0.1, 0.15) is 0 Å². The fraction of sp³-hybridized carbons (Fsp3) is 0.267. The van der Waals surface area contributed by atoms with E-state index in [1.807, 2.05) is 0 Å². The van der Waals surface area contributed by atoms with Crippen LogP contribution >= 0.6 is 0 Å². The van der Waals surface area contributed by atoms with E-state index in [1.165, 1.54) is 27.2 Å². The lowest BCUT2D eigenvalue weighted by atomic mass is 10.1. The molecule has 0 radical (unpaired) electrons. The van der Waals surface area contributed by atoms with Crippen LogP contribution in [-0.2, 0) is 19.1 Å². The van der Waals surface area contributed by atoms with Gasteiger partial charge >= 0.3 is 17.9 Å². The number of ether oxygens (including phenoxy) is 4. The van der Waals surface area contributed by atoms with Crippen LogP contribution in [0.15, 0.2) is 18.2 Å². The zero-order valence-electron chi connectivity index (χ0n) is 12.7. The first-order valence-corrected chi connectivity index (χ1v) is 6.22. The normalized spacial score (nSPS) is 10.2. The van der Waals surface area contributed by atoms with E-state index in [0.29, 0.717) is 5.56 Å². The lowest BCUT2D eigenvalue weighted by molar-refractivity contribution is -0.154. The smallest absolute Gasteiger partial charge is 0.338 e. The Morgan fingerprint density at radius 2 is 1.50 bits per heavy atom. The van der Waals surface area contributed by atoms with Gasteiger partial charge in [0, 0.05) is 19.9 Å². The summed E-state index contributed by atoms with van der Waals surface area (Å²) in [6, 6.07) is 3.08. The third kappa shape index (κ3) is 4.93. The number of carbonyl (C=O) groups excluding carboxylic acids is 3. The molecular formula is C15H16O7. The van der Waals surface area contributed by atoms with Crippen molar-refractivity contribution in [3.05, 3.63) is 23.8 Å². The summed E-state index contributed by atoms with van der Waals surface area (Å²) in [4.78, 5) is 33.0. The topological polar surface area (TPSA) is 88.1 Å². The van der Waals surface area contributed by atoms with Crippen molar-refractivity contribution in [2.45, 2.75) is 13.8 Å². The van der Waals surface area contributed by atoms with Gasteiger partial charge in [0.25, 0.3) is 0 Å². The summed E-state index contributed by atoms with van der Waals surface area (Å²) in [6.45, 7) is 2.39. The zero-order valence-corrected chi connectivity index (χ0v) is 12.7. The summed E-state index contributed by atoms with van der Waals surface area (Å²) in [5, 5.41) is 0. The predicted molar refractivity (Wildman–Crippen MR) is 76.7 cm³/mol. The molecule has 0 atom stereocenters. The molecule has 118 valence electrons. The second-order valence-electron chi connectivity index (χ2n) is 4.09. The van der Waals surface area contributed by atoms with Gasteiger partial charge in [-0.1, -0.05) is 0 Å². The standard InChI is InChI=1S/C15H16O7/c1-9(16)21-14(18)6-5-11-7-12(19-3)15(22-10(2)17)13(8-11)20-4/h5-8H,1-4H3/b6-5+. The molecule has 0 bridgehead atoms. The fourth-order valence-electron chi connectivity index (χ4n) is 1.58. The van der Waals surface area contributed by atoms with Gasteiger partial charge in [0.2, 0.25) is 5.75 Å². The van der Waals surface area contributed by atoms with E-state index >= 15 is 0 Å². The van der Waals surface area contributed by atoms with Crippen LogP contribution < -0.4 is 14.2 Å². The Kier molecular flexibility index (Phi) is 6.12. The number of hydrogen-bond donors (Lipinski definition) is 0. The minimum absolute atomic E-state index is 0.140. The van der Waals surface area contributed by atoms with Gasteiger partial charge in [-0.25, -0.2) is 4.79 Å². The lowest BCUT2D eigenvalue weighted by Gasteiger charge is -2.13. The number of esters is 3. The van der Waals surface area contributed by atoms with Crippen LogP contribution in [-0.4, -0.2) is 32.1 Å².